The zero-order valence-electron chi connectivity index (χ0n) is 11.0. The van der Waals surface area contributed by atoms with Crippen molar-refractivity contribution in [3.05, 3.63) is 60.2 Å². The van der Waals surface area contributed by atoms with E-state index in [2.05, 4.69) is 12.1 Å². The van der Waals surface area contributed by atoms with Crippen molar-refractivity contribution in [3.8, 4) is 11.1 Å². The smallest absolute Gasteiger partial charge is 0.308 e. The number of carbonyl (C=O) groups is 1. The minimum absolute atomic E-state index is 0. The summed E-state index contributed by atoms with van der Waals surface area (Å²) in [6.07, 6.45) is 0.473. The predicted molar refractivity (Wildman–Crippen MR) is 83.0 cm³/mol. The average molecular weight is 292 g/mol. The van der Waals surface area contributed by atoms with Crippen LogP contribution in [0.15, 0.2) is 54.6 Å². The monoisotopic (exact) mass is 291 g/mol. The van der Waals surface area contributed by atoms with E-state index in [0.717, 1.165) is 16.7 Å². The van der Waals surface area contributed by atoms with E-state index in [1.165, 1.54) is 0 Å². The SMILES string of the molecule is Cl.NCC(Cc1ccc(-c2ccccc2)cc1)C(=O)O. The van der Waals surface area contributed by atoms with Gasteiger partial charge in [-0.2, -0.15) is 0 Å². The summed E-state index contributed by atoms with van der Waals surface area (Å²) >= 11 is 0. The van der Waals surface area contributed by atoms with E-state index in [1.54, 1.807) is 0 Å². The largest absolute Gasteiger partial charge is 0.481 e. The van der Waals surface area contributed by atoms with Crippen molar-refractivity contribution < 1.29 is 9.90 Å². The summed E-state index contributed by atoms with van der Waals surface area (Å²) in [5.74, 6) is -1.35. The molecule has 0 aliphatic heterocycles. The van der Waals surface area contributed by atoms with Gasteiger partial charge in [-0.25, -0.2) is 0 Å². The molecule has 1 unspecified atom stereocenters. The molecule has 0 fully saturated rings. The fourth-order valence-corrected chi connectivity index (χ4v) is 2.02. The second-order valence-electron chi connectivity index (χ2n) is 4.54. The van der Waals surface area contributed by atoms with E-state index >= 15 is 0 Å². The number of hydrogen-bond acceptors (Lipinski definition) is 2. The van der Waals surface area contributed by atoms with Gasteiger partial charge in [-0.3, -0.25) is 4.79 Å². The van der Waals surface area contributed by atoms with Crippen LogP contribution >= 0.6 is 12.4 Å². The van der Waals surface area contributed by atoms with Gasteiger partial charge in [0.15, 0.2) is 0 Å². The van der Waals surface area contributed by atoms with Crippen LogP contribution in [0.5, 0.6) is 0 Å². The molecule has 0 aromatic heterocycles. The van der Waals surface area contributed by atoms with Crippen LogP contribution in [0.3, 0.4) is 0 Å². The van der Waals surface area contributed by atoms with Crippen molar-refractivity contribution in [1.82, 2.24) is 0 Å². The Morgan fingerprint density at radius 3 is 2.05 bits per heavy atom. The molecule has 0 saturated carbocycles. The Morgan fingerprint density at radius 2 is 1.55 bits per heavy atom. The highest BCUT2D eigenvalue weighted by Gasteiger charge is 2.15. The molecular weight excluding hydrogens is 274 g/mol. The first kappa shape index (κ1) is 16.2. The number of rotatable bonds is 5. The summed E-state index contributed by atoms with van der Waals surface area (Å²) < 4.78 is 0. The van der Waals surface area contributed by atoms with Gasteiger partial charge in [0.2, 0.25) is 0 Å². The Bertz CT molecular complexity index is 540. The van der Waals surface area contributed by atoms with Crippen molar-refractivity contribution in [2.45, 2.75) is 6.42 Å². The van der Waals surface area contributed by atoms with E-state index in [9.17, 15) is 4.79 Å². The zero-order chi connectivity index (χ0) is 13.7. The maximum Gasteiger partial charge on any atom is 0.308 e. The van der Waals surface area contributed by atoms with E-state index in [0.29, 0.717) is 6.42 Å². The third kappa shape index (κ3) is 4.08. The van der Waals surface area contributed by atoms with Gasteiger partial charge in [-0.05, 0) is 23.1 Å². The van der Waals surface area contributed by atoms with Gasteiger partial charge in [0.1, 0.15) is 0 Å². The van der Waals surface area contributed by atoms with Crippen LogP contribution in [0.4, 0.5) is 0 Å². The summed E-state index contributed by atoms with van der Waals surface area (Å²) in [7, 11) is 0. The Kier molecular flexibility index (Phi) is 6.22. The number of carboxylic acid groups (broad SMARTS) is 1. The molecule has 20 heavy (non-hydrogen) atoms. The lowest BCUT2D eigenvalue weighted by Crippen LogP contribution is -2.25. The van der Waals surface area contributed by atoms with Crippen LogP contribution in [0.1, 0.15) is 5.56 Å². The van der Waals surface area contributed by atoms with Crippen molar-refractivity contribution in [2.75, 3.05) is 6.54 Å². The summed E-state index contributed by atoms with van der Waals surface area (Å²) in [4.78, 5) is 10.9. The lowest BCUT2D eigenvalue weighted by molar-refractivity contribution is -0.141. The predicted octanol–water partition coefficient (Wildman–Crippen LogP) is 2.98. The molecule has 0 amide bonds. The molecule has 0 spiro atoms. The molecule has 1 atom stereocenters. The molecule has 0 saturated heterocycles. The third-order valence-electron chi connectivity index (χ3n) is 3.18. The third-order valence-corrected chi connectivity index (χ3v) is 3.18. The first-order valence-corrected chi connectivity index (χ1v) is 6.28. The van der Waals surface area contributed by atoms with Gasteiger partial charge in [0.05, 0.1) is 5.92 Å². The molecular formula is C16H18ClNO2. The summed E-state index contributed by atoms with van der Waals surface area (Å²) in [6, 6.07) is 18.0. The van der Waals surface area contributed by atoms with Gasteiger partial charge < -0.3 is 10.8 Å². The second-order valence-corrected chi connectivity index (χ2v) is 4.54. The zero-order valence-corrected chi connectivity index (χ0v) is 11.8. The Hall–Kier alpha value is -1.84. The lowest BCUT2D eigenvalue weighted by atomic mass is 9.97. The van der Waals surface area contributed by atoms with Gasteiger partial charge >= 0.3 is 5.97 Å². The number of hydrogen-bond donors (Lipinski definition) is 2. The molecule has 3 N–H and O–H groups in total. The minimum atomic E-state index is -0.838. The van der Waals surface area contributed by atoms with E-state index in [1.807, 2.05) is 42.5 Å². The Morgan fingerprint density at radius 1 is 1.00 bits per heavy atom. The topological polar surface area (TPSA) is 63.3 Å². The van der Waals surface area contributed by atoms with Crippen LogP contribution in [0, 0.1) is 5.92 Å². The quantitative estimate of drug-likeness (QED) is 0.890. The van der Waals surface area contributed by atoms with Crippen LogP contribution in [-0.2, 0) is 11.2 Å². The number of carboxylic acids is 1. The molecule has 2 rings (SSSR count). The Labute approximate surface area is 124 Å². The fourth-order valence-electron chi connectivity index (χ4n) is 2.02. The molecule has 0 heterocycles. The summed E-state index contributed by atoms with van der Waals surface area (Å²) in [6.45, 7) is 0.162. The second kappa shape index (κ2) is 7.68. The van der Waals surface area contributed by atoms with Crippen LogP contribution in [-0.4, -0.2) is 17.6 Å². The first-order chi connectivity index (χ1) is 9.20. The number of aliphatic carboxylic acids is 1. The molecule has 2 aromatic carbocycles. The molecule has 2 aromatic rings. The number of benzene rings is 2. The molecule has 0 aliphatic carbocycles. The van der Waals surface area contributed by atoms with Crippen molar-refractivity contribution in [3.63, 3.8) is 0 Å². The van der Waals surface area contributed by atoms with Gasteiger partial charge in [-0.1, -0.05) is 54.6 Å². The molecule has 3 nitrogen and oxygen atoms in total. The molecule has 0 bridgehead atoms. The fraction of sp³-hybridized carbons (Fsp3) is 0.188. The highest BCUT2D eigenvalue weighted by atomic mass is 35.5. The van der Waals surface area contributed by atoms with Crippen LogP contribution < -0.4 is 5.73 Å². The molecule has 106 valence electrons. The number of nitrogens with two attached hydrogens (primary N) is 1. The van der Waals surface area contributed by atoms with Crippen molar-refractivity contribution in [1.29, 1.82) is 0 Å². The van der Waals surface area contributed by atoms with Gasteiger partial charge in [0.25, 0.3) is 0 Å². The number of halogens is 1. The van der Waals surface area contributed by atoms with Crippen LogP contribution in [0.2, 0.25) is 0 Å². The minimum Gasteiger partial charge on any atom is -0.481 e. The highest BCUT2D eigenvalue weighted by Crippen LogP contribution is 2.20. The van der Waals surface area contributed by atoms with Crippen molar-refractivity contribution in [2.24, 2.45) is 11.7 Å². The van der Waals surface area contributed by atoms with E-state index in [-0.39, 0.29) is 19.0 Å². The molecule has 0 radical (unpaired) electrons. The van der Waals surface area contributed by atoms with Gasteiger partial charge in [-0.15, -0.1) is 12.4 Å². The maximum atomic E-state index is 10.9. The molecule has 0 aliphatic rings. The lowest BCUT2D eigenvalue weighted by Gasteiger charge is -2.10. The summed E-state index contributed by atoms with van der Waals surface area (Å²) in [5, 5.41) is 8.99. The first-order valence-electron chi connectivity index (χ1n) is 6.28. The van der Waals surface area contributed by atoms with Gasteiger partial charge in [0, 0.05) is 6.54 Å². The standard InChI is InChI=1S/C16H17NO2.ClH/c17-11-15(16(18)19)10-12-6-8-14(9-7-12)13-4-2-1-3-5-13;/h1-9,15H,10-11,17H2,(H,18,19);1H. The van der Waals surface area contributed by atoms with Crippen LogP contribution in [0.25, 0.3) is 11.1 Å². The summed E-state index contributed by atoms with van der Waals surface area (Å²) in [5.41, 5.74) is 8.74. The maximum absolute atomic E-state index is 10.9. The van der Waals surface area contributed by atoms with E-state index < -0.39 is 11.9 Å². The Balaban J connectivity index is 0.00000200. The normalized spacial score (nSPS) is 11.4. The highest BCUT2D eigenvalue weighted by molar-refractivity contribution is 5.85. The molecule has 4 heteroatoms. The average Bonchev–Trinajstić information content (AvgIpc) is 2.46. The van der Waals surface area contributed by atoms with E-state index in [4.69, 9.17) is 10.8 Å². The van der Waals surface area contributed by atoms with Crippen molar-refractivity contribution >= 4 is 18.4 Å².